The molecule has 0 aliphatic rings. The highest BCUT2D eigenvalue weighted by Crippen LogP contribution is 2.12. The summed E-state index contributed by atoms with van der Waals surface area (Å²) < 4.78 is 11.2. The number of nitrogens with one attached hydrogen (secondary N) is 2. The van der Waals surface area contributed by atoms with Gasteiger partial charge in [-0.15, -0.1) is 0 Å². The molecule has 0 spiro atoms. The van der Waals surface area contributed by atoms with Gasteiger partial charge in [-0.25, -0.2) is 0 Å². The Morgan fingerprint density at radius 2 is 2.28 bits per heavy atom. The highest BCUT2D eigenvalue weighted by Gasteiger charge is 2.13. The van der Waals surface area contributed by atoms with Gasteiger partial charge in [-0.2, -0.15) is 0 Å². The van der Waals surface area contributed by atoms with E-state index in [9.17, 15) is 9.00 Å². The maximum atomic E-state index is 12.0. The molecule has 0 aromatic carbocycles. The topological polar surface area (TPSA) is 71.1 Å². The fraction of sp³-hybridized carbons (Fsp3) is 0.500. The molecule has 0 aliphatic carbocycles. The van der Waals surface area contributed by atoms with Crippen molar-refractivity contribution in [1.82, 2.24) is 10.3 Å². The number of anilines is 1. The molecule has 0 saturated carbocycles. The van der Waals surface area contributed by atoms with Crippen molar-refractivity contribution in [2.75, 3.05) is 24.7 Å². The molecule has 0 fully saturated rings. The van der Waals surface area contributed by atoms with Gasteiger partial charge in [-0.3, -0.25) is 14.0 Å². The number of hydrogen-bond acceptors (Lipinski definition) is 4. The van der Waals surface area contributed by atoms with Gasteiger partial charge in [0.15, 0.2) is 0 Å². The average molecular weight is 269 g/mol. The summed E-state index contributed by atoms with van der Waals surface area (Å²) in [7, 11) is -0.938. The molecular formula is C12H19N3O2S. The van der Waals surface area contributed by atoms with Crippen molar-refractivity contribution >= 4 is 22.4 Å². The molecule has 1 amide bonds. The van der Waals surface area contributed by atoms with Crippen molar-refractivity contribution in [3.8, 4) is 0 Å². The molecule has 5 nitrogen and oxygen atoms in total. The normalized spacial score (nSPS) is 13.7. The van der Waals surface area contributed by atoms with E-state index in [1.807, 2.05) is 13.8 Å². The minimum atomic E-state index is -0.938. The number of hydrogen-bond donors (Lipinski definition) is 2. The number of carbonyl (C=O) groups excluding carboxylic acids is 1. The molecular weight excluding hydrogens is 250 g/mol. The molecule has 0 radical (unpaired) electrons. The fourth-order valence-corrected chi connectivity index (χ4v) is 1.69. The van der Waals surface area contributed by atoms with Gasteiger partial charge in [0.1, 0.15) is 0 Å². The van der Waals surface area contributed by atoms with E-state index in [-0.39, 0.29) is 11.2 Å². The van der Waals surface area contributed by atoms with Crippen LogP contribution in [0.15, 0.2) is 18.5 Å². The Hall–Kier alpha value is -1.43. The molecule has 2 N–H and O–H groups in total. The third kappa shape index (κ3) is 4.10. The lowest BCUT2D eigenvalue weighted by atomic mass is 10.2. The number of rotatable bonds is 6. The van der Waals surface area contributed by atoms with Gasteiger partial charge in [0.05, 0.1) is 11.3 Å². The van der Waals surface area contributed by atoms with E-state index in [4.69, 9.17) is 0 Å². The first-order valence-electron chi connectivity index (χ1n) is 5.84. The Morgan fingerprint density at radius 1 is 1.56 bits per heavy atom. The zero-order valence-corrected chi connectivity index (χ0v) is 11.7. The summed E-state index contributed by atoms with van der Waals surface area (Å²) in [5.41, 5.74) is 1.27. The van der Waals surface area contributed by atoms with Crippen LogP contribution in [0.2, 0.25) is 0 Å². The van der Waals surface area contributed by atoms with Crippen LogP contribution in [0.5, 0.6) is 0 Å². The van der Waals surface area contributed by atoms with Crippen LogP contribution in [0.1, 0.15) is 24.2 Å². The standard InChI is InChI=1S/C12H19N3O2S/c1-4-14-11-5-6-13-8-10(11)12(16)15-7-9(2)18(3)17/h5-6,8-9H,4,7H2,1-3H3,(H,13,14)(H,15,16). The predicted octanol–water partition coefficient (Wildman–Crippen LogP) is 1.01. The van der Waals surface area contributed by atoms with E-state index in [2.05, 4.69) is 15.6 Å². The molecule has 1 rings (SSSR count). The summed E-state index contributed by atoms with van der Waals surface area (Å²) in [6.45, 7) is 4.93. The predicted molar refractivity (Wildman–Crippen MR) is 74.3 cm³/mol. The van der Waals surface area contributed by atoms with Gasteiger partial charge in [0, 0.05) is 47.8 Å². The van der Waals surface area contributed by atoms with Crippen LogP contribution in [0.25, 0.3) is 0 Å². The molecule has 18 heavy (non-hydrogen) atoms. The first-order chi connectivity index (χ1) is 8.56. The molecule has 2 unspecified atom stereocenters. The van der Waals surface area contributed by atoms with Gasteiger partial charge in [0.2, 0.25) is 0 Å². The molecule has 1 aromatic rings. The number of carbonyl (C=O) groups is 1. The summed E-state index contributed by atoms with van der Waals surface area (Å²) in [6, 6.07) is 1.76. The van der Waals surface area contributed by atoms with Gasteiger partial charge in [0.25, 0.3) is 5.91 Å². The molecule has 1 aromatic heterocycles. The summed E-state index contributed by atoms with van der Waals surface area (Å²) in [5.74, 6) is -0.198. The van der Waals surface area contributed by atoms with Crippen LogP contribution >= 0.6 is 0 Å². The molecule has 2 atom stereocenters. The monoisotopic (exact) mass is 269 g/mol. The van der Waals surface area contributed by atoms with E-state index in [1.165, 1.54) is 6.20 Å². The first kappa shape index (κ1) is 14.6. The summed E-state index contributed by atoms with van der Waals surface area (Å²) in [6.07, 6.45) is 4.80. The summed E-state index contributed by atoms with van der Waals surface area (Å²) >= 11 is 0. The Kier molecular flexibility index (Phi) is 5.77. The van der Waals surface area contributed by atoms with Crippen LogP contribution in [0.3, 0.4) is 0 Å². The lowest BCUT2D eigenvalue weighted by Crippen LogP contribution is -2.33. The molecule has 0 saturated heterocycles. The summed E-state index contributed by atoms with van der Waals surface area (Å²) in [5, 5.41) is 5.81. The number of amides is 1. The van der Waals surface area contributed by atoms with Gasteiger partial charge in [-0.1, -0.05) is 0 Å². The zero-order chi connectivity index (χ0) is 13.5. The number of pyridine rings is 1. The summed E-state index contributed by atoms with van der Waals surface area (Å²) in [4.78, 5) is 15.9. The third-order valence-corrected chi connectivity index (χ3v) is 3.85. The van der Waals surface area contributed by atoms with Crippen molar-refractivity contribution in [1.29, 1.82) is 0 Å². The SMILES string of the molecule is CCNc1ccncc1C(=O)NCC(C)S(C)=O. The van der Waals surface area contributed by atoms with Gasteiger partial charge in [-0.05, 0) is 19.9 Å². The Labute approximate surface area is 110 Å². The maximum absolute atomic E-state index is 12.0. The highest BCUT2D eigenvalue weighted by molar-refractivity contribution is 7.84. The molecule has 100 valence electrons. The second-order valence-electron chi connectivity index (χ2n) is 3.97. The van der Waals surface area contributed by atoms with Crippen LogP contribution in [0.4, 0.5) is 5.69 Å². The number of nitrogens with zero attached hydrogens (tertiary/aromatic N) is 1. The van der Waals surface area contributed by atoms with Crippen molar-refractivity contribution in [3.63, 3.8) is 0 Å². The second-order valence-corrected chi connectivity index (χ2v) is 5.77. The van der Waals surface area contributed by atoms with Gasteiger partial charge < -0.3 is 10.6 Å². The van der Waals surface area contributed by atoms with Crippen LogP contribution in [-0.2, 0) is 10.8 Å². The quantitative estimate of drug-likeness (QED) is 0.808. The zero-order valence-electron chi connectivity index (χ0n) is 10.9. The molecule has 6 heteroatoms. The van der Waals surface area contributed by atoms with Crippen LogP contribution in [0, 0.1) is 0 Å². The Bertz CT molecular complexity index is 437. The van der Waals surface area contributed by atoms with Crippen LogP contribution in [-0.4, -0.2) is 39.7 Å². The molecule has 1 heterocycles. The first-order valence-corrected chi connectivity index (χ1v) is 7.46. The lowest BCUT2D eigenvalue weighted by Gasteiger charge is -2.12. The third-order valence-electron chi connectivity index (χ3n) is 2.55. The Balaban J connectivity index is 2.69. The van der Waals surface area contributed by atoms with Gasteiger partial charge >= 0.3 is 0 Å². The minimum Gasteiger partial charge on any atom is -0.385 e. The molecule has 0 bridgehead atoms. The van der Waals surface area contributed by atoms with Crippen molar-refractivity contribution in [2.45, 2.75) is 19.1 Å². The van der Waals surface area contributed by atoms with Crippen molar-refractivity contribution in [3.05, 3.63) is 24.0 Å². The fourth-order valence-electron chi connectivity index (χ4n) is 1.37. The van der Waals surface area contributed by atoms with E-state index in [0.717, 1.165) is 12.2 Å². The lowest BCUT2D eigenvalue weighted by molar-refractivity contribution is 0.0954. The molecule has 0 aliphatic heterocycles. The van der Waals surface area contributed by atoms with E-state index in [0.29, 0.717) is 12.1 Å². The van der Waals surface area contributed by atoms with Crippen LogP contribution < -0.4 is 10.6 Å². The van der Waals surface area contributed by atoms with E-state index in [1.54, 1.807) is 18.5 Å². The van der Waals surface area contributed by atoms with E-state index < -0.39 is 10.8 Å². The largest absolute Gasteiger partial charge is 0.385 e. The van der Waals surface area contributed by atoms with Crippen molar-refractivity contribution in [2.24, 2.45) is 0 Å². The van der Waals surface area contributed by atoms with Crippen molar-refractivity contribution < 1.29 is 9.00 Å². The Morgan fingerprint density at radius 3 is 2.89 bits per heavy atom. The number of aromatic nitrogens is 1. The second kappa shape index (κ2) is 7.10. The average Bonchev–Trinajstić information content (AvgIpc) is 2.36. The smallest absolute Gasteiger partial charge is 0.254 e. The minimum absolute atomic E-state index is 0.0618. The highest BCUT2D eigenvalue weighted by atomic mass is 32.2. The maximum Gasteiger partial charge on any atom is 0.254 e. The van der Waals surface area contributed by atoms with E-state index >= 15 is 0 Å².